The van der Waals surface area contributed by atoms with E-state index in [4.69, 9.17) is 4.74 Å². The van der Waals surface area contributed by atoms with Crippen LogP contribution in [0.25, 0.3) is 0 Å². The predicted octanol–water partition coefficient (Wildman–Crippen LogP) is 3.80. The van der Waals surface area contributed by atoms with Gasteiger partial charge in [-0.2, -0.15) is 0 Å². The molecular formula is C22H25NO3. The molecule has 0 saturated heterocycles. The lowest BCUT2D eigenvalue weighted by Gasteiger charge is -2.29. The number of aryl methyl sites for hydroxylation is 1. The lowest BCUT2D eigenvalue weighted by atomic mass is 10.0. The zero-order valence-corrected chi connectivity index (χ0v) is 15.0. The van der Waals surface area contributed by atoms with Crippen LogP contribution in [0.5, 0.6) is 5.75 Å². The van der Waals surface area contributed by atoms with E-state index < -0.39 is 0 Å². The lowest BCUT2D eigenvalue weighted by molar-refractivity contribution is -0.118. The van der Waals surface area contributed by atoms with Gasteiger partial charge in [-0.15, -0.1) is 0 Å². The van der Waals surface area contributed by atoms with Crippen molar-refractivity contribution >= 4 is 11.6 Å². The van der Waals surface area contributed by atoms with Crippen molar-refractivity contribution in [2.24, 2.45) is 0 Å². The minimum absolute atomic E-state index is 0.175. The Morgan fingerprint density at radius 2 is 2.04 bits per heavy atom. The third-order valence-corrected chi connectivity index (χ3v) is 5.40. The Kier molecular flexibility index (Phi) is 4.93. The molecule has 26 heavy (non-hydrogen) atoms. The molecular weight excluding hydrogens is 326 g/mol. The molecule has 4 nitrogen and oxygen atoms in total. The molecule has 1 aliphatic heterocycles. The number of para-hydroxylation sites is 1. The van der Waals surface area contributed by atoms with Crippen molar-refractivity contribution in [2.75, 3.05) is 18.1 Å². The van der Waals surface area contributed by atoms with Crippen LogP contribution in [0.4, 0.5) is 5.69 Å². The molecule has 136 valence electrons. The summed E-state index contributed by atoms with van der Waals surface area (Å²) in [6, 6.07) is 14.0. The molecule has 1 atom stereocenters. The van der Waals surface area contributed by atoms with Crippen LogP contribution in [-0.2, 0) is 17.6 Å². The van der Waals surface area contributed by atoms with E-state index in [2.05, 4.69) is 6.07 Å². The molecule has 2 aromatic carbocycles. The second-order valence-corrected chi connectivity index (χ2v) is 7.11. The third-order valence-electron chi connectivity index (χ3n) is 5.40. The van der Waals surface area contributed by atoms with Crippen molar-refractivity contribution in [3.63, 3.8) is 0 Å². The number of nitrogens with zero attached hydrogens (tertiary/aromatic N) is 1. The highest BCUT2D eigenvalue weighted by atomic mass is 16.5. The molecule has 1 unspecified atom stereocenters. The van der Waals surface area contributed by atoms with Crippen molar-refractivity contribution in [3.05, 3.63) is 59.2 Å². The first-order valence-electron chi connectivity index (χ1n) is 9.55. The number of anilines is 1. The van der Waals surface area contributed by atoms with Gasteiger partial charge in [-0.3, -0.25) is 4.79 Å². The highest BCUT2D eigenvalue weighted by molar-refractivity contribution is 5.94. The largest absolute Gasteiger partial charge is 0.493 e. The summed E-state index contributed by atoms with van der Waals surface area (Å²) in [7, 11) is 0. The molecule has 1 amide bonds. The Hall–Kier alpha value is -2.33. The minimum Gasteiger partial charge on any atom is -0.493 e. The second-order valence-electron chi connectivity index (χ2n) is 7.11. The maximum Gasteiger partial charge on any atom is 0.227 e. The Bertz CT molecular complexity index is 802. The summed E-state index contributed by atoms with van der Waals surface area (Å²) in [6.45, 7) is 1.33. The molecule has 0 radical (unpaired) electrons. The summed E-state index contributed by atoms with van der Waals surface area (Å²) >= 11 is 0. The highest BCUT2D eigenvalue weighted by Crippen LogP contribution is 2.36. The minimum atomic E-state index is -0.366. The topological polar surface area (TPSA) is 49.8 Å². The molecule has 0 saturated carbocycles. The summed E-state index contributed by atoms with van der Waals surface area (Å²) < 4.78 is 5.92. The summed E-state index contributed by atoms with van der Waals surface area (Å²) in [5.41, 5.74) is 4.45. The van der Waals surface area contributed by atoms with Gasteiger partial charge in [-0.1, -0.05) is 30.3 Å². The van der Waals surface area contributed by atoms with Gasteiger partial charge >= 0.3 is 0 Å². The number of hydrogen-bond donors (Lipinski definition) is 1. The zero-order chi connectivity index (χ0) is 17.9. The van der Waals surface area contributed by atoms with Gasteiger partial charge in [-0.25, -0.2) is 0 Å². The van der Waals surface area contributed by atoms with Gasteiger partial charge in [0.15, 0.2) is 0 Å². The first-order valence-corrected chi connectivity index (χ1v) is 9.55. The number of ether oxygens (including phenoxy) is 1. The molecule has 1 N–H and O–H groups in total. The maximum absolute atomic E-state index is 12.6. The Morgan fingerprint density at radius 1 is 1.15 bits per heavy atom. The van der Waals surface area contributed by atoms with Crippen LogP contribution in [-0.4, -0.2) is 24.2 Å². The molecule has 0 bridgehead atoms. The first kappa shape index (κ1) is 17.1. The Balaban J connectivity index is 1.32. The third kappa shape index (κ3) is 3.34. The van der Waals surface area contributed by atoms with E-state index in [0.717, 1.165) is 54.8 Å². The molecule has 4 heteroatoms. The van der Waals surface area contributed by atoms with Crippen LogP contribution in [0.3, 0.4) is 0 Å². The zero-order valence-electron chi connectivity index (χ0n) is 15.0. The Morgan fingerprint density at radius 3 is 2.96 bits per heavy atom. The van der Waals surface area contributed by atoms with E-state index in [0.29, 0.717) is 19.4 Å². The van der Waals surface area contributed by atoms with Crippen LogP contribution < -0.4 is 9.64 Å². The van der Waals surface area contributed by atoms with E-state index in [9.17, 15) is 9.90 Å². The van der Waals surface area contributed by atoms with E-state index in [-0.39, 0.29) is 12.0 Å². The fourth-order valence-corrected chi connectivity index (χ4v) is 4.07. The van der Waals surface area contributed by atoms with Gasteiger partial charge in [-0.05, 0) is 55.4 Å². The van der Waals surface area contributed by atoms with Crippen LogP contribution in [0.1, 0.15) is 48.5 Å². The average Bonchev–Trinajstić information content (AvgIpc) is 3.06. The van der Waals surface area contributed by atoms with Crippen molar-refractivity contribution in [3.8, 4) is 5.75 Å². The SMILES string of the molecule is O=C(CCCOc1cccc2c1CCC2O)N1CCCc2ccccc21. The van der Waals surface area contributed by atoms with Crippen molar-refractivity contribution in [1.29, 1.82) is 0 Å². The molecule has 0 fully saturated rings. The van der Waals surface area contributed by atoms with Crippen LogP contribution in [0.2, 0.25) is 0 Å². The van der Waals surface area contributed by atoms with Crippen LogP contribution >= 0.6 is 0 Å². The fraction of sp³-hybridized carbons (Fsp3) is 0.409. The van der Waals surface area contributed by atoms with E-state index in [1.54, 1.807) is 0 Å². The van der Waals surface area contributed by atoms with Gasteiger partial charge < -0.3 is 14.7 Å². The molecule has 2 aromatic rings. The van der Waals surface area contributed by atoms with Crippen molar-refractivity contribution in [1.82, 2.24) is 0 Å². The Labute approximate surface area is 154 Å². The van der Waals surface area contributed by atoms with Gasteiger partial charge in [0.05, 0.1) is 12.7 Å². The number of rotatable bonds is 5. The molecule has 0 spiro atoms. The van der Waals surface area contributed by atoms with Crippen molar-refractivity contribution < 1.29 is 14.6 Å². The van der Waals surface area contributed by atoms with Gasteiger partial charge in [0.2, 0.25) is 5.91 Å². The van der Waals surface area contributed by atoms with Gasteiger partial charge in [0, 0.05) is 24.2 Å². The summed E-state index contributed by atoms with van der Waals surface area (Å²) in [5.74, 6) is 1.03. The normalized spacial score (nSPS) is 18.3. The number of amides is 1. The molecule has 4 rings (SSSR count). The average molecular weight is 351 g/mol. The predicted molar refractivity (Wildman–Crippen MR) is 102 cm³/mol. The highest BCUT2D eigenvalue weighted by Gasteiger charge is 2.24. The standard InChI is InChI=1S/C22H25NO3/c24-20-13-12-18-17(20)8-3-10-21(18)26-15-5-11-22(25)23-14-4-7-16-6-1-2-9-19(16)23/h1-3,6,8-10,20,24H,4-5,7,11-15H2. The number of benzene rings is 2. The molecule has 1 heterocycles. The molecule has 0 aromatic heterocycles. The fourth-order valence-electron chi connectivity index (χ4n) is 4.07. The van der Waals surface area contributed by atoms with E-state index >= 15 is 0 Å². The number of carbonyl (C=O) groups excluding carboxylic acids is 1. The second kappa shape index (κ2) is 7.50. The maximum atomic E-state index is 12.6. The summed E-state index contributed by atoms with van der Waals surface area (Å²) in [5, 5.41) is 9.97. The van der Waals surface area contributed by atoms with Crippen LogP contribution in [0.15, 0.2) is 42.5 Å². The molecule has 1 aliphatic carbocycles. The van der Waals surface area contributed by atoms with Crippen molar-refractivity contribution in [2.45, 2.75) is 44.6 Å². The number of hydrogen-bond acceptors (Lipinski definition) is 3. The molecule has 2 aliphatic rings. The summed E-state index contributed by atoms with van der Waals surface area (Å²) in [6.07, 6.45) is 4.52. The first-order chi connectivity index (χ1) is 12.7. The smallest absolute Gasteiger partial charge is 0.227 e. The quantitative estimate of drug-likeness (QED) is 0.834. The lowest BCUT2D eigenvalue weighted by Crippen LogP contribution is -2.35. The number of aliphatic hydroxyl groups is 1. The number of carbonyl (C=O) groups is 1. The van der Waals surface area contributed by atoms with Gasteiger partial charge in [0.1, 0.15) is 5.75 Å². The van der Waals surface area contributed by atoms with Gasteiger partial charge in [0.25, 0.3) is 0 Å². The van der Waals surface area contributed by atoms with E-state index in [1.807, 2.05) is 41.3 Å². The van der Waals surface area contributed by atoms with E-state index in [1.165, 1.54) is 5.56 Å². The monoisotopic (exact) mass is 351 g/mol. The number of fused-ring (bicyclic) bond motifs is 2. The summed E-state index contributed by atoms with van der Waals surface area (Å²) in [4.78, 5) is 14.6. The van der Waals surface area contributed by atoms with Crippen LogP contribution in [0, 0.1) is 0 Å². The number of aliphatic hydroxyl groups excluding tert-OH is 1.